The molecule has 1 aromatic rings. The van der Waals surface area contributed by atoms with Gasteiger partial charge in [0.15, 0.2) is 0 Å². The van der Waals surface area contributed by atoms with Gasteiger partial charge in [-0.3, -0.25) is 0 Å². The van der Waals surface area contributed by atoms with Gasteiger partial charge in [0.1, 0.15) is 0 Å². The number of morpholine rings is 1. The highest BCUT2D eigenvalue weighted by Gasteiger charge is 2.13. The molecule has 1 atom stereocenters. The quantitative estimate of drug-likeness (QED) is 0.866. The number of nitrogens with zero attached hydrogens (tertiary/aromatic N) is 1. The first-order valence-electron chi connectivity index (χ1n) is 6.97. The molecule has 1 aliphatic rings. The van der Waals surface area contributed by atoms with Crippen LogP contribution < -0.4 is 5.43 Å². The second kappa shape index (κ2) is 6.88. The molecule has 0 saturated carbocycles. The van der Waals surface area contributed by atoms with Crippen LogP contribution in [0.25, 0.3) is 0 Å². The molecule has 1 N–H and O–H groups in total. The van der Waals surface area contributed by atoms with Crippen molar-refractivity contribution >= 4 is 0 Å². The highest BCUT2D eigenvalue weighted by Crippen LogP contribution is 2.15. The summed E-state index contributed by atoms with van der Waals surface area (Å²) in [6.45, 7) is 8.03. The summed E-state index contributed by atoms with van der Waals surface area (Å²) in [5.41, 5.74) is 6.32. The lowest BCUT2D eigenvalue weighted by Crippen LogP contribution is -2.46. The van der Waals surface area contributed by atoms with Gasteiger partial charge in [0, 0.05) is 19.1 Å². The van der Waals surface area contributed by atoms with Gasteiger partial charge >= 0.3 is 0 Å². The Kier molecular flexibility index (Phi) is 5.17. The first-order chi connectivity index (χ1) is 8.79. The summed E-state index contributed by atoms with van der Waals surface area (Å²) >= 11 is 0. The van der Waals surface area contributed by atoms with E-state index < -0.39 is 0 Å². The summed E-state index contributed by atoms with van der Waals surface area (Å²) < 4.78 is 5.35. The van der Waals surface area contributed by atoms with Crippen molar-refractivity contribution in [2.75, 3.05) is 26.3 Å². The minimum absolute atomic E-state index is 0.360. The minimum atomic E-state index is 0.360. The number of rotatable bonds is 5. The van der Waals surface area contributed by atoms with Gasteiger partial charge < -0.3 is 4.74 Å². The first kappa shape index (κ1) is 13.5. The van der Waals surface area contributed by atoms with Crippen molar-refractivity contribution < 1.29 is 4.74 Å². The fourth-order valence-corrected chi connectivity index (χ4v) is 2.30. The summed E-state index contributed by atoms with van der Waals surface area (Å²) in [6, 6.07) is 9.33. The van der Waals surface area contributed by atoms with Crippen molar-refractivity contribution in [1.29, 1.82) is 0 Å². The molecule has 3 nitrogen and oxygen atoms in total. The third-order valence-corrected chi connectivity index (χ3v) is 3.41. The highest BCUT2D eigenvalue weighted by atomic mass is 16.5. The first-order valence-corrected chi connectivity index (χ1v) is 6.97. The Bertz CT molecular complexity index is 344. The molecule has 1 unspecified atom stereocenters. The van der Waals surface area contributed by atoms with Crippen LogP contribution in [0.15, 0.2) is 24.3 Å². The van der Waals surface area contributed by atoms with Crippen LogP contribution in [0.1, 0.15) is 37.4 Å². The molecule has 1 aromatic carbocycles. The van der Waals surface area contributed by atoms with Crippen LogP contribution in [-0.2, 0) is 11.2 Å². The van der Waals surface area contributed by atoms with Crippen LogP contribution >= 0.6 is 0 Å². The smallest absolute Gasteiger partial charge is 0.0608 e. The zero-order chi connectivity index (χ0) is 12.8. The highest BCUT2D eigenvalue weighted by molar-refractivity contribution is 5.24. The molecule has 0 amide bonds. The van der Waals surface area contributed by atoms with E-state index in [1.807, 2.05) is 0 Å². The Balaban J connectivity index is 1.89. The summed E-state index contributed by atoms with van der Waals surface area (Å²) in [4.78, 5) is 0. The van der Waals surface area contributed by atoms with E-state index in [2.05, 4.69) is 48.5 Å². The fourth-order valence-electron chi connectivity index (χ4n) is 2.30. The Morgan fingerprint density at radius 1 is 1.22 bits per heavy atom. The Morgan fingerprint density at radius 2 is 1.89 bits per heavy atom. The average Bonchev–Trinajstić information content (AvgIpc) is 2.41. The molecule has 1 fully saturated rings. The summed E-state index contributed by atoms with van der Waals surface area (Å²) in [7, 11) is 0. The van der Waals surface area contributed by atoms with E-state index in [0.29, 0.717) is 6.04 Å². The molecule has 1 saturated heterocycles. The van der Waals surface area contributed by atoms with Crippen LogP contribution in [0.4, 0.5) is 0 Å². The van der Waals surface area contributed by atoms with Gasteiger partial charge in [0.2, 0.25) is 0 Å². The van der Waals surface area contributed by atoms with Gasteiger partial charge in [-0.1, -0.05) is 37.6 Å². The topological polar surface area (TPSA) is 24.5 Å². The molecule has 100 valence electrons. The molecular formula is C15H24N2O. The van der Waals surface area contributed by atoms with Crippen LogP contribution in [0.2, 0.25) is 0 Å². The van der Waals surface area contributed by atoms with Crippen molar-refractivity contribution in [3.8, 4) is 0 Å². The lowest BCUT2D eigenvalue weighted by Gasteiger charge is -2.30. The number of benzene rings is 1. The lowest BCUT2D eigenvalue weighted by atomic mass is 10.0. The number of hydrazine groups is 1. The van der Waals surface area contributed by atoms with Crippen molar-refractivity contribution in [3.63, 3.8) is 0 Å². The predicted molar refractivity (Wildman–Crippen MR) is 74.4 cm³/mol. The SMILES string of the molecule is CCCc1ccc(C(C)NN2CCOCC2)cc1. The molecule has 1 aliphatic heterocycles. The molecule has 2 rings (SSSR count). The number of nitrogens with one attached hydrogen (secondary N) is 1. The monoisotopic (exact) mass is 248 g/mol. The number of hydrogen-bond donors (Lipinski definition) is 1. The normalized spacial score (nSPS) is 18.8. The predicted octanol–water partition coefficient (Wildman–Crippen LogP) is 2.54. The molecule has 0 spiro atoms. The Hall–Kier alpha value is -0.900. The zero-order valence-corrected chi connectivity index (χ0v) is 11.5. The van der Waals surface area contributed by atoms with Crippen LogP contribution in [0.5, 0.6) is 0 Å². The maximum Gasteiger partial charge on any atom is 0.0608 e. The molecule has 1 heterocycles. The Labute approximate surface area is 110 Å². The second-order valence-corrected chi connectivity index (χ2v) is 4.94. The summed E-state index contributed by atoms with van der Waals surface area (Å²) in [5.74, 6) is 0. The van der Waals surface area contributed by atoms with Gasteiger partial charge in [-0.05, 0) is 24.5 Å². The van der Waals surface area contributed by atoms with Gasteiger partial charge in [-0.2, -0.15) is 0 Å². The lowest BCUT2D eigenvalue weighted by molar-refractivity contribution is 0.00484. The second-order valence-electron chi connectivity index (χ2n) is 4.94. The maximum absolute atomic E-state index is 5.35. The van der Waals surface area contributed by atoms with Gasteiger partial charge in [0.05, 0.1) is 13.2 Å². The van der Waals surface area contributed by atoms with Crippen molar-refractivity contribution in [3.05, 3.63) is 35.4 Å². The largest absolute Gasteiger partial charge is 0.379 e. The van der Waals surface area contributed by atoms with Gasteiger partial charge in [-0.25, -0.2) is 10.4 Å². The molecule has 18 heavy (non-hydrogen) atoms. The molecule has 0 aliphatic carbocycles. The van der Waals surface area contributed by atoms with E-state index in [9.17, 15) is 0 Å². The third-order valence-electron chi connectivity index (χ3n) is 3.41. The fraction of sp³-hybridized carbons (Fsp3) is 0.600. The van der Waals surface area contributed by atoms with Crippen LogP contribution in [0.3, 0.4) is 0 Å². The van der Waals surface area contributed by atoms with E-state index >= 15 is 0 Å². The molecule has 0 aromatic heterocycles. The van der Waals surface area contributed by atoms with Crippen molar-refractivity contribution in [2.45, 2.75) is 32.7 Å². The van der Waals surface area contributed by atoms with E-state index in [1.54, 1.807) is 0 Å². The molecular weight excluding hydrogens is 224 g/mol. The molecule has 0 bridgehead atoms. The maximum atomic E-state index is 5.35. The van der Waals surface area contributed by atoms with Crippen molar-refractivity contribution in [2.24, 2.45) is 0 Å². The van der Waals surface area contributed by atoms with E-state index in [0.717, 1.165) is 26.3 Å². The Morgan fingerprint density at radius 3 is 2.50 bits per heavy atom. The summed E-state index contributed by atoms with van der Waals surface area (Å²) in [6.07, 6.45) is 2.38. The number of ether oxygens (including phenoxy) is 1. The third kappa shape index (κ3) is 3.80. The zero-order valence-electron chi connectivity index (χ0n) is 11.5. The van der Waals surface area contributed by atoms with Crippen LogP contribution in [-0.4, -0.2) is 31.3 Å². The number of hydrogen-bond acceptors (Lipinski definition) is 3. The van der Waals surface area contributed by atoms with E-state index in [-0.39, 0.29) is 0 Å². The minimum Gasteiger partial charge on any atom is -0.379 e. The van der Waals surface area contributed by atoms with Crippen LogP contribution in [0, 0.1) is 0 Å². The van der Waals surface area contributed by atoms with Gasteiger partial charge in [0.25, 0.3) is 0 Å². The average molecular weight is 248 g/mol. The molecule has 3 heteroatoms. The number of aryl methyl sites for hydroxylation is 1. The standard InChI is InChI=1S/C15H24N2O/c1-3-4-14-5-7-15(8-6-14)13(2)16-17-9-11-18-12-10-17/h5-8,13,16H,3-4,9-12H2,1-2H3. The molecule has 0 radical (unpaired) electrons. The van der Waals surface area contributed by atoms with Crippen molar-refractivity contribution in [1.82, 2.24) is 10.4 Å². The van der Waals surface area contributed by atoms with E-state index in [4.69, 9.17) is 4.74 Å². The van der Waals surface area contributed by atoms with E-state index in [1.165, 1.54) is 24.0 Å². The summed E-state index contributed by atoms with van der Waals surface area (Å²) in [5, 5.41) is 2.26. The van der Waals surface area contributed by atoms with Gasteiger partial charge in [-0.15, -0.1) is 0 Å².